The number of ether oxygens (including phenoxy) is 1. The van der Waals surface area contributed by atoms with Crippen LogP contribution in [0.3, 0.4) is 0 Å². The Morgan fingerprint density at radius 3 is 2.38 bits per heavy atom. The summed E-state index contributed by atoms with van der Waals surface area (Å²) in [4.78, 5) is 2.53. The summed E-state index contributed by atoms with van der Waals surface area (Å²) in [6.07, 6.45) is 3.74. The molecule has 1 saturated carbocycles. The molecular formula is C18H30N2O. The maximum atomic E-state index is 6.08. The molecule has 1 atom stereocenters. The van der Waals surface area contributed by atoms with Crippen molar-refractivity contribution >= 4 is 0 Å². The third kappa shape index (κ3) is 4.80. The fourth-order valence-corrected chi connectivity index (χ4v) is 3.01. The van der Waals surface area contributed by atoms with Crippen molar-refractivity contribution in [1.29, 1.82) is 0 Å². The monoisotopic (exact) mass is 290 g/mol. The van der Waals surface area contributed by atoms with Crippen molar-refractivity contribution in [2.75, 3.05) is 26.8 Å². The quantitative estimate of drug-likeness (QED) is 0.760. The SMILES string of the molecule is COCCN(C1CC1)C(CN)c1ccc(CC(C)C)cc1. The maximum Gasteiger partial charge on any atom is 0.0590 e. The third-order valence-electron chi connectivity index (χ3n) is 4.20. The van der Waals surface area contributed by atoms with Gasteiger partial charge in [0.25, 0.3) is 0 Å². The molecule has 1 aromatic carbocycles. The molecule has 0 radical (unpaired) electrons. The number of rotatable bonds is 9. The van der Waals surface area contributed by atoms with E-state index in [9.17, 15) is 0 Å². The van der Waals surface area contributed by atoms with Crippen LogP contribution in [0.2, 0.25) is 0 Å². The second kappa shape index (κ2) is 7.92. The zero-order chi connectivity index (χ0) is 15.2. The highest BCUT2D eigenvalue weighted by Crippen LogP contribution is 2.33. The van der Waals surface area contributed by atoms with Gasteiger partial charge in [0.1, 0.15) is 0 Å². The van der Waals surface area contributed by atoms with E-state index in [1.54, 1.807) is 7.11 Å². The van der Waals surface area contributed by atoms with Gasteiger partial charge >= 0.3 is 0 Å². The van der Waals surface area contributed by atoms with Gasteiger partial charge in [-0.15, -0.1) is 0 Å². The first-order chi connectivity index (χ1) is 10.2. The number of hydrogen-bond acceptors (Lipinski definition) is 3. The van der Waals surface area contributed by atoms with Gasteiger partial charge in [-0.05, 0) is 36.3 Å². The van der Waals surface area contributed by atoms with Crippen molar-refractivity contribution in [2.45, 2.75) is 45.2 Å². The minimum atomic E-state index is 0.320. The number of benzene rings is 1. The number of methoxy groups -OCH3 is 1. The highest BCUT2D eigenvalue weighted by molar-refractivity contribution is 5.26. The molecule has 118 valence electrons. The second-order valence-corrected chi connectivity index (χ2v) is 6.55. The van der Waals surface area contributed by atoms with Crippen molar-refractivity contribution < 1.29 is 4.74 Å². The van der Waals surface area contributed by atoms with Crippen molar-refractivity contribution in [3.8, 4) is 0 Å². The molecule has 1 aliphatic carbocycles. The van der Waals surface area contributed by atoms with Crippen LogP contribution in [0.25, 0.3) is 0 Å². The number of nitrogens with two attached hydrogens (primary N) is 1. The smallest absolute Gasteiger partial charge is 0.0590 e. The Hall–Kier alpha value is -0.900. The van der Waals surface area contributed by atoms with Crippen molar-refractivity contribution in [2.24, 2.45) is 11.7 Å². The molecule has 0 aromatic heterocycles. The van der Waals surface area contributed by atoms with Crippen LogP contribution in [-0.2, 0) is 11.2 Å². The fourth-order valence-electron chi connectivity index (χ4n) is 3.01. The van der Waals surface area contributed by atoms with E-state index in [0.29, 0.717) is 24.5 Å². The lowest BCUT2D eigenvalue weighted by atomic mass is 9.98. The molecule has 3 heteroatoms. The summed E-state index contributed by atoms with van der Waals surface area (Å²) in [6, 6.07) is 10.1. The lowest BCUT2D eigenvalue weighted by molar-refractivity contribution is 0.115. The van der Waals surface area contributed by atoms with Gasteiger partial charge in [0.05, 0.1) is 6.61 Å². The summed E-state index contributed by atoms with van der Waals surface area (Å²) in [5.74, 6) is 0.700. The third-order valence-corrected chi connectivity index (χ3v) is 4.20. The van der Waals surface area contributed by atoms with E-state index in [2.05, 4.69) is 43.0 Å². The fraction of sp³-hybridized carbons (Fsp3) is 0.667. The van der Waals surface area contributed by atoms with Gasteiger partial charge in [0, 0.05) is 32.3 Å². The Labute approximate surface area is 129 Å². The van der Waals surface area contributed by atoms with Gasteiger partial charge in [0.2, 0.25) is 0 Å². The van der Waals surface area contributed by atoms with Crippen molar-refractivity contribution in [1.82, 2.24) is 4.90 Å². The van der Waals surface area contributed by atoms with Crippen molar-refractivity contribution in [3.05, 3.63) is 35.4 Å². The molecule has 0 aliphatic heterocycles. The Morgan fingerprint density at radius 2 is 1.90 bits per heavy atom. The second-order valence-electron chi connectivity index (χ2n) is 6.55. The molecule has 21 heavy (non-hydrogen) atoms. The zero-order valence-corrected chi connectivity index (χ0v) is 13.7. The molecule has 2 rings (SSSR count). The number of hydrogen-bond donors (Lipinski definition) is 1. The van der Waals surface area contributed by atoms with E-state index in [4.69, 9.17) is 10.5 Å². The Morgan fingerprint density at radius 1 is 1.24 bits per heavy atom. The first-order valence-electron chi connectivity index (χ1n) is 8.19. The summed E-state index contributed by atoms with van der Waals surface area (Å²) in [6.45, 7) is 6.94. The highest BCUT2D eigenvalue weighted by Gasteiger charge is 2.33. The van der Waals surface area contributed by atoms with Crippen LogP contribution in [0.15, 0.2) is 24.3 Å². The zero-order valence-electron chi connectivity index (χ0n) is 13.7. The summed E-state index contributed by atoms with van der Waals surface area (Å²) in [5, 5.41) is 0. The Balaban J connectivity index is 2.07. The Bertz CT molecular complexity index is 412. The maximum absolute atomic E-state index is 6.08. The molecule has 1 aromatic rings. The average Bonchev–Trinajstić information content (AvgIpc) is 3.28. The Kier molecular flexibility index (Phi) is 6.22. The highest BCUT2D eigenvalue weighted by atomic mass is 16.5. The first-order valence-corrected chi connectivity index (χ1v) is 8.19. The van der Waals surface area contributed by atoms with Gasteiger partial charge in [-0.3, -0.25) is 4.90 Å². The molecule has 1 aliphatic rings. The van der Waals surface area contributed by atoms with Gasteiger partial charge in [-0.25, -0.2) is 0 Å². The lowest BCUT2D eigenvalue weighted by Crippen LogP contribution is -2.37. The molecule has 0 amide bonds. The minimum absolute atomic E-state index is 0.320. The summed E-state index contributed by atoms with van der Waals surface area (Å²) in [7, 11) is 1.77. The van der Waals surface area contributed by atoms with Crippen LogP contribution in [0.5, 0.6) is 0 Å². The molecule has 2 N–H and O–H groups in total. The van der Waals surface area contributed by atoms with Crippen LogP contribution in [0.1, 0.15) is 43.9 Å². The predicted octanol–water partition coefficient (Wildman–Crippen LogP) is 3.00. The summed E-state index contributed by atoms with van der Waals surface area (Å²) in [5.41, 5.74) is 8.84. The molecule has 1 fully saturated rings. The predicted molar refractivity (Wildman–Crippen MR) is 88.4 cm³/mol. The van der Waals surface area contributed by atoms with Crippen LogP contribution < -0.4 is 5.73 Å². The van der Waals surface area contributed by atoms with Gasteiger partial charge in [0.15, 0.2) is 0 Å². The van der Waals surface area contributed by atoms with E-state index < -0.39 is 0 Å². The van der Waals surface area contributed by atoms with Crippen LogP contribution >= 0.6 is 0 Å². The number of nitrogens with zero attached hydrogens (tertiary/aromatic N) is 1. The first kappa shape index (κ1) is 16.5. The molecule has 0 saturated heterocycles. The van der Waals surface area contributed by atoms with Crippen LogP contribution in [-0.4, -0.2) is 37.7 Å². The molecule has 3 nitrogen and oxygen atoms in total. The van der Waals surface area contributed by atoms with E-state index in [1.165, 1.54) is 24.0 Å². The van der Waals surface area contributed by atoms with Gasteiger partial charge in [-0.2, -0.15) is 0 Å². The van der Waals surface area contributed by atoms with Crippen LogP contribution in [0.4, 0.5) is 0 Å². The van der Waals surface area contributed by atoms with Crippen LogP contribution in [0, 0.1) is 5.92 Å². The largest absolute Gasteiger partial charge is 0.383 e. The molecular weight excluding hydrogens is 260 g/mol. The van der Waals surface area contributed by atoms with E-state index in [-0.39, 0.29) is 0 Å². The minimum Gasteiger partial charge on any atom is -0.383 e. The van der Waals surface area contributed by atoms with Gasteiger partial charge in [-0.1, -0.05) is 38.1 Å². The molecule has 0 heterocycles. The van der Waals surface area contributed by atoms with E-state index in [0.717, 1.165) is 19.6 Å². The molecule has 0 spiro atoms. The average molecular weight is 290 g/mol. The normalized spacial score (nSPS) is 16.7. The summed E-state index contributed by atoms with van der Waals surface area (Å²) < 4.78 is 5.26. The standard InChI is InChI=1S/C18H30N2O/c1-14(2)12-15-4-6-16(7-5-15)18(13-19)20(10-11-21-3)17-8-9-17/h4-7,14,17-18H,8-13,19H2,1-3H3. The van der Waals surface area contributed by atoms with Crippen molar-refractivity contribution in [3.63, 3.8) is 0 Å². The molecule has 0 bridgehead atoms. The van der Waals surface area contributed by atoms with E-state index in [1.807, 2.05) is 0 Å². The summed E-state index contributed by atoms with van der Waals surface area (Å²) >= 11 is 0. The van der Waals surface area contributed by atoms with Gasteiger partial charge < -0.3 is 10.5 Å². The molecule has 1 unspecified atom stereocenters. The lowest BCUT2D eigenvalue weighted by Gasteiger charge is -2.31. The van der Waals surface area contributed by atoms with E-state index >= 15 is 0 Å². The topological polar surface area (TPSA) is 38.5 Å².